The van der Waals surface area contributed by atoms with E-state index < -0.39 is 0 Å². The van der Waals surface area contributed by atoms with E-state index in [-0.39, 0.29) is 5.78 Å². The minimum Gasteiger partial charge on any atom is -0.293 e. The van der Waals surface area contributed by atoms with Crippen molar-refractivity contribution in [2.24, 2.45) is 0 Å². The monoisotopic (exact) mass is 244 g/mol. The second-order valence-electron chi connectivity index (χ2n) is 4.43. The fourth-order valence-corrected chi connectivity index (χ4v) is 2.58. The summed E-state index contributed by atoms with van der Waals surface area (Å²) in [5.41, 5.74) is 3.62. The standard InChI is InChI=1S/C15H16OS/c1-10-4-6-13(8-11(10)2)9-14(16)15-7-5-12(3)17-15/h4-8H,9H2,1-3H3. The fourth-order valence-electron chi connectivity index (χ4n) is 1.77. The molecule has 0 amide bonds. The van der Waals surface area contributed by atoms with E-state index in [0.29, 0.717) is 6.42 Å². The Kier molecular flexibility index (Phi) is 3.43. The van der Waals surface area contributed by atoms with Crippen LogP contribution in [0.1, 0.15) is 31.2 Å². The maximum absolute atomic E-state index is 12.0. The van der Waals surface area contributed by atoms with Crippen molar-refractivity contribution in [3.05, 3.63) is 56.8 Å². The molecule has 0 bridgehead atoms. The Balaban J connectivity index is 2.15. The first kappa shape index (κ1) is 12.1. The number of rotatable bonds is 3. The highest BCUT2D eigenvalue weighted by Crippen LogP contribution is 2.18. The number of Topliss-reactive ketones (excluding diaryl/α,β-unsaturated/α-hetero) is 1. The molecule has 1 nitrogen and oxygen atoms in total. The Labute approximate surface area is 106 Å². The Hall–Kier alpha value is -1.41. The summed E-state index contributed by atoms with van der Waals surface area (Å²) in [5.74, 6) is 0.214. The minimum atomic E-state index is 0.214. The third-order valence-electron chi connectivity index (χ3n) is 2.95. The molecule has 0 saturated heterocycles. The van der Waals surface area contributed by atoms with E-state index >= 15 is 0 Å². The minimum absolute atomic E-state index is 0.214. The summed E-state index contributed by atoms with van der Waals surface area (Å²) in [6, 6.07) is 10.1. The van der Waals surface area contributed by atoms with Crippen molar-refractivity contribution in [3.8, 4) is 0 Å². The molecule has 0 atom stereocenters. The first-order valence-corrected chi connectivity index (χ1v) is 6.53. The van der Waals surface area contributed by atoms with Crippen LogP contribution in [0, 0.1) is 20.8 Å². The van der Waals surface area contributed by atoms with Crippen LogP contribution in [0.15, 0.2) is 30.3 Å². The van der Waals surface area contributed by atoms with E-state index in [4.69, 9.17) is 0 Å². The van der Waals surface area contributed by atoms with Gasteiger partial charge in [0.25, 0.3) is 0 Å². The zero-order valence-corrected chi connectivity index (χ0v) is 11.2. The average molecular weight is 244 g/mol. The molecule has 0 aliphatic carbocycles. The topological polar surface area (TPSA) is 17.1 Å². The Morgan fingerprint density at radius 2 is 1.82 bits per heavy atom. The summed E-state index contributed by atoms with van der Waals surface area (Å²) in [6.45, 7) is 6.19. The first-order chi connectivity index (χ1) is 8.06. The largest absolute Gasteiger partial charge is 0.293 e. The molecule has 0 fully saturated rings. The number of carbonyl (C=O) groups is 1. The third-order valence-corrected chi connectivity index (χ3v) is 3.99. The Bertz CT molecular complexity index is 552. The normalized spacial score (nSPS) is 10.5. The van der Waals surface area contributed by atoms with Crippen LogP contribution in [0.5, 0.6) is 0 Å². The van der Waals surface area contributed by atoms with Crippen LogP contribution in [-0.4, -0.2) is 5.78 Å². The molecule has 88 valence electrons. The third kappa shape index (κ3) is 2.83. The van der Waals surface area contributed by atoms with Gasteiger partial charge in [-0.1, -0.05) is 18.2 Å². The molecule has 0 radical (unpaired) electrons. The quantitative estimate of drug-likeness (QED) is 0.743. The van der Waals surface area contributed by atoms with Gasteiger partial charge in [0.15, 0.2) is 5.78 Å². The molecule has 0 N–H and O–H groups in total. The van der Waals surface area contributed by atoms with Gasteiger partial charge in [-0.2, -0.15) is 0 Å². The number of hydrogen-bond acceptors (Lipinski definition) is 2. The van der Waals surface area contributed by atoms with Crippen molar-refractivity contribution in [3.63, 3.8) is 0 Å². The number of aryl methyl sites for hydroxylation is 3. The smallest absolute Gasteiger partial charge is 0.177 e. The number of ketones is 1. The molecule has 0 spiro atoms. The molecule has 1 heterocycles. The molecule has 2 aromatic rings. The molecule has 17 heavy (non-hydrogen) atoms. The molecule has 0 aliphatic heterocycles. The maximum atomic E-state index is 12.0. The van der Waals surface area contributed by atoms with Crippen molar-refractivity contribution in [2.45, 2.75) is 27.2 Å². The van der Waals surface area contributed by atoms with Crippen LogP contribution in [0.4, 0.5) is 0 Å². The molecule has 2 heteroatoms. The summed E-state index contributed by atoms with van der Waals surface area (Å²) in [6.07, 6.45) is 0.501. The molecular formula is C15H16OS. The molecular weight excluding hydrogens is 228 g/mol. The lowest BCUT2D eigenvalue weighted by molar-refractivity contribution is 0.0997. The molecule has 2 rings (SSSR count). The Morgan fingerprint density at radius 1 is 1.06 bits per heavy atom. The van der Waals surface area contributed by atoms with Gasteiger partial charge >= 0.3 is 0 Å². The van der Waals surface area contributed by atoms with Crippen molar-refractivity contribution in [1.82, 2.24) is 0 Å². The van der Waals surface area contributed by atoms with E-state index in [0.717, 1.165) is 10.4 Å². The summed E-state index contributed by atoms with van der Waals surface area (Å²) < 4.78 is 0. The van der Waals surface area contributed by atoms with Crippen LogP contribution in [0.25, 0.3) is 0 Å². The SMILES string of the molecule is Cc1ccc(C(=O)Cc2ccc(C)c(C)c2)s1. The van der Waals surface area contributed by atoms with Gasteiger partial charge in [0.1, 0.15) is 0 Å². The van der Waals surface area contributed by atoms with Crippen LogP contribution < -0.4 is 0 Å². The van der Waals surface area contributed by atoms with E-state index in [1.165, 1.54) is 16.0 Å². The van der Waals surface area contributed by atoms with E-state index in [1.54, 1.807) is 11.3 Å². The summed E-state index contributed by atoms with van der Waals surface area (Å²) in [7, 11) is 0. The summed E-state index contributed by atoms with van der Waals surface area (Å²) in [4.78, 5) is 14.1. The highest BCUT2D eigenvalue weighted by Gasteiger charge is 2.09. The lowest BCUT2D eigenvalue weighted by Gasteiger charge is -2.03. The second kappa shape index (κ2) is 4.84. The highest BCUT2D eigenvalue weighted by atomic mass is 32.1. The van der Waals surface area contributed by atoms with Crippen LogP contribution in [0.2, 0.25) is 0 Å². The van der Waals surface area contributed by atoms with E-state index in [9.17, 15) is 4.79 Å². The van der Waals surface area contributed by atoms with Crippen LogP contribution >= 0.6 is 11.3 Å². The van der Waals surface area contributed by atoms with E-state index in [1.807, 2.05) is 25.1 Å². The first-order valence-electron chi connectivity index (χ1n) is 5.72. The van der Waals surface area contributed by atoms with Gasteiger partial charge in [-0.25, -0.2) is 0 Å². The summed E-state index contributed by atoms with van der Waals surface area (Å²) >= 11 is 1.57. The molecule has 1 aromatic heterocycles. The summed E-state index contributed by atoms with van der Waals surface area (Å²) in [5, 5.41) is 0. The van der Waals surface area contributed by atoms with E-state index in [2.05, 4.69) is 26.0 Å². The number of benzene rings is 1. The fraction of sp³-hybridized carbons (Fsp3) is 0.267. The van der Waals surface area contributed by atoms with Gasteiger partial charge in [-0.15, -0.1) is 11.3 Å². The average Bonchev–Trinajstić information content (AvgIpc) is 2.70. The highest BCUT2D eigenvalue weighted by molar-refractivity contribution is 7.14. The van der Waals surface area contributed by atoms with Crippen LogP contribution in [0.3, 0.4) is 0 Å². The molecule has 0 saturated carbocycles. The van der Waals surface area contributed by atoms with Crippen molar-refractivity contribution in [2.75, 3.05) is 0 Å². The molecule has 0 aliphatic rings. The lowest BCUT2D eigenvalue weighted by atomic mass is 10.0. The van der Waals surface area contributed by atoms with Gasteiger partial charge in [0.2, 0.25) is 0 Å². The molecule has 0 unspecified atom stereocenters. The Morgan fingerprint density at radius 3 is 2.41 bits per heavy atom. The van der Waals surface area contributed by atoms with Gasteiger partial charge < -0.3 is 0 Å². The van der Waals surface area contributed by atoms with Crippen molar-refractivity contribution < 1.29 is 4.79 Å². The van der Waals surface area contributed by atoms with Gasteiger partial charge in [0.05, 0.1) is 4.88 Å². The van der Waals surface area contributed by atoms with Gasteiger partial charge in [-0.3, -0.25) is 4.79 Å². The number of carbonyl (C=O) groups excluding carboxylic acids is 1. The number of thiophene rings is 1. The zero-order chi connectivity index (χ0) is 12.4. The second-order valence-corrected chi connectivity index (χ2v) is 5.72. The van der Waals surface area contributed by atoms with Gasteiger partial charge in [0, 0.05) is 11.3 Å². The van der Waals surface area contributed by atoms with Crippen molar-refractivity contribution in [1.29, 1.82) is 0 Å². The predicted octanol–water partition coefficient (Wildman–Crippen LogP) is 4.10. The lowest BCUT2D eigenvalue weighted by Crippen LogP contribution is -2.01. The predicted molar refractivity (Wildman–Crippen MR) is 73.0 cm³/mol. The number of hydrogen-bond donors (Lipinski definition) is 0. The van der Waals surface area contributed by atoms with Crippen LogP contribution in [-0.2, 0) is 6.42 Å². The zero-order valence-electron chi connectivity index (χ0n) is 10.4. The molecule has 1 aromatic carbocycles. The maximum Gasteiger partial charge on any atom is 0.177 e. The van der Waals surface area contributed by atoms with Gasteiger partial charge in [-0.05, 0) is 49.6 Å². The van der Waals surface area contributed by atoms with Crippen molar-refractivity contribution >= 4 is 17.1 Å².